The summed E-state index contributed by atoms with van der Waals surface area (Å²) < 4.78 is 44.8. The molecule has 2 aliphatic rings. The van der Waals surface area contributed by atoms with Crippen LogP contribution in [0.25, 0.3) is 0 Å². The van der Waals surface area contributed by atoms with E-state index in [0.29, 0.717) is 13.0 Å². The molecule has 202 valence electrons. The van der Waals surface area contributed by atoms with Crippen molar-refractivity contribution in [1.82, 2.24) is 14.8 Å². The van der Waals surface area contributed by atoms with Crippen LogP contribution in [0, 0.1) is 0 Å². The van der Waals surface area contributed by atoms with Gasteiger partial charge in [-0.2, -0.15) is 13.2 Å². The second kappa shape index (κ2) is 11.5. The maximum absolute atomic E-state index is 12.9. The van der Waals surface area contributed by atoms with Crippen molar-refractivity contribution in [2.24, 2.45) is 0 Å². The normalized spacial score (nSPS) is 23.1. The number of nitrogens with one attached hydrogen (secondary N) is 1. The van der Waals surface area contributed by atoms with Crippen LogP contribution in [0.1, 0.15) is 57.2 Å². The molecule has 2 fully saturated rings. The highest BCUT2D eigenvalue weighted by Gasteiger charge is 2.45. The highest BCUT2D eigenvalue weighted by atomic mass is 19.4. The van der Waals surface area contributed by atoms with Gasteiger partial charge in [-0.3, -0.25) is 14.6 Å². The summed E-state index contributed by atoms with van der Waals surface area (Å²) in [4.78, 5) is 21.2. The SMILES string of the molecule is CC1(C)CC(CCCC(=O)Nc2cccc(C(F)(F)F)n2)(N2CCN(Cc3ccccc3)CC2)CCO1. The zero-order valence-electron chi connectivity index (χ0n) is 21.7. The first-order valence-electron chi connectivity index (χ1n) is 13.0. The van der Waals surface area contributed by atoms with Crippen LogP contribution in [-0.4, -0.2) is 64.6 Å². The molecule has 2 aromatic rings. The van der Waals surface area contributed by atoms with Gasteiger partial charge in [0.1, 0.15) is 11.5 Å². The highest BCUT2D eigenvalue weighted by molar-refractivity contribution is 5.89. The Morgan fingerprint density at radius 3 is 2.46 bits per heavy atom. The standard InChI is InChI=1S/C28H37F3N4O2/c1-26(2)21-27(14-19-37-26,35-17-15-34(16-18-35)20-22-8-4-3-5-9-22)13-7-12-25(36)33-24-11-6-10-23(32-24)28(29,30)31/h3-6,8-11H,7,12-21H2,1-2H3,(H,32,33,36). The minimum Gasteiger partial charge on any atom is -0.375 e. The Morgan fingerprint density at radius 1 is 1.05 bits per heavy atom. The van der Waals surface area contributed by atoms with Crippen molar-refractivity contribution < 1.29 is 22.7 Å². The van der Waals surface area contributed by atoms with Crippen LogP contribution < -0.4 is 5.32 Å². The molecular weight excluding hydrogens is 481 g/mol. The van der Waals surface area contributed by atoms with Gasteiger partial charge >= 0.3 is 6.18 Å². The minimum absolute atomic E-state index is 0.0602. The quantitative estimate of drug-likeness (QED) is 0.510. The first kappa shape index (κ1) is 27.5. The number of benzene rings is 1. The summed E-state index contributed by atoms with van der Waals surface area (Å²) in [5, 5.41) is 2.53. The van der Waals surface area contributed by atoms with Gasteiger partial charge in [0, 0.05) is 51.3 Å². The van der Waals surface area contributed by atoms with E-state index < -0.39 is 11.9 Å². The van der Waals surface area contributed by atoms with Gasteiger partial charge in [-0.1, -0.05) is 36.4 Å². The third-order valence-corrected chi connectivity index (χ3v) is 7.46. The molecule has 3 heterocycles. The number of pyridine rings is 1. The zero-order valence-corrected chi connectivity index (χ0v) is 21.7. The van der Waals surface area contributed by atoms with E-state index in [-0.39, 0.29) is 29.3 Å². The zero-order chi connectivity index (χ0) is 26.5. The minimum atomic E-state index is -4.55. The van der Waals surface area contributed by atoms with E-state index in [1.807, 2.05) is 6.07 Å². The van der Waals surface area contributed by atoms with Gasteiger partial charge in [0.05, 0.1) is 5.60 Å². The number of alkyl halides is 3. The van der Waals surface area contributed by atoms with Crippen LogP contribution in [0.5, 0.6) is 0 Å². The van der Waals surface area contributed by atoms with Crippen molar-refractivity contribution in [2.45, 2.75) is 69.8 Å². The Hall–Kier alpha value is -2.49. The second-order valence-electron chi connectivity index (χ2n) is 10.8. The number of anilines is 1. The predicted octanol–water partition coefficient (Wildman–Crippen LogP) is 5.35. The Labute approximate surface area is 217 Å². The first-order valence-corrected chi connectivity index (χ1v) is 13.0. The number of aromatic nitrogens is 1. The molecule has 0 radical (unpaired) electrons. The van der Waals surface area contributed by atoms with Gasteiger partial charge in [0.25, 0.3) is 0 Å². The largest absolute Gasteiger partial charge is 0.433 e. The molecule has 1 aromatic carbocycles. The van der Waals surface area contributed by atoms with Gasteiger partial charge in [0.2, 0.25) is 5.91 Å². The average molecular weight is 519 g/mol. The molecule has 0 saturated carbocycles. The fraction of sp³-hybridized carbons (Fsp3) is 0.571. The maximum atomic E-state index is 12.9. The molecule has 1 amide bonds. The lowest BCUT2D eigenvalue weighted by Gasteiger charge is -2.53. The number of piperazine rings is 1. The van der Waals surface area contributed by atoms with Gasteiger partial charge in [-0.15, -0.1) is 0 Å². The Balaban J connectivity index is 1.34. The van der Waals surface area contributed by atoms with E-state index >= 15 is 0 Å². The van der Waals surface area contributed by atoms with Crippen LogP contribution in [0.15, 0.2) is 48.5 Å². The third-order valence-electron chi connectivity index (χ3n) is 7.46. The molecule has 0 spiro atoms. The molecule has 2 aliphatic heterocycles. The topological polar surface area (TPSA) is 57.7 Å². The lowest BCUT2D eigenvalue weighted by molar-refractivity contribution is -0.141. The molecule has 6 nitrogen and oxygen atoms in total. The molecule has 2 saturated heterocycles. The summed E-state index contributed by atoms with van der Waals surface area (Å²) in [5.74, 6) is -0.391. The van der Waals surface area contributed by atoms with E-state index in [2.05, 4.69) is 58.2 Å². The van der Waals surface area contributed by atoms with Gasteiger partial charge < -0.3 is 10.1 Å². The summed E-state index contributed by atoms with van der Waals surface area (Å²) in [6, 6.07) is 14.0. The van der Waals surface area contributed by atoms with E-state index in [9.17, 15) is 18.0 Å². The van der Waals surface area contributed by atoms with E-state index in [0.717, 1.165) is 58.1 Å². The number of nitrogens with zero attached hydrogens (tertiary/aromatic N) is 3. The van der Waals surface area contributed by atoms with Crippen molar-refractivity contribution in [3.8, 4) is 0 Å². The van der Waals surface area contributed by atoms with E-state index in [1.54, 1.807) is 0 Å². The number of halogens is 3. The smallest absolute Gasteiger partial charge is 0.375 e. The lowest BCUT2D eigenvalue weighted by atomic mass is 9.76. The second-order valence-corrected chi connectivity index (χ2v) is 10.8. The number of hydrogen-bond acceptors (Lipinski definition) is 5. The Kier molecular flexibility index (Phi) is 8.56. The molecule has 1 N–H and O–H groups in total. The first-order chi connectivity index (χ1) is 17.5. The van der Waals surface area contributed by atoms with Crippen LogP contribution in [0.2, 0.25) is 0 Å². The molecular formula is C28H37F3N4O2. The number of carbonyl (C=O) groups is 1. The number of ether oxygens (including phenoxy) is 1. The highest BCUT2D eigenvalue weighted by Crippen LogP contribution is 2.40. The van der Waals surface area contributed by atoms with Crippen molar-refractivity contribution in [1.29, 1.82) is 0 Å². The summed E-state index contributed by atoms with van der Waals surface area (Å²) in [6.45, 7) is 9.76. The van der Waals surface area contributed by atoms with Gasteiger partial charge in [-0.05, 0) is 57.2 Å². The molecule has 1 unspecified atom stereocenters. The number of carbonyl (C=O) groups excluding carboxylic acids is 1. The summed E-state index contributed by atoms with van der Waals surface area (Å²) >= 11 is 0. The van der Waals surface area contributed by atoms with Crippen LogP contribution in [0.3, 0.4) is 0 Å². The van der Waals surface area contributed by atoms with Gasteiger partial charge in [0.15, 0.2) is 0 Å². The van der Waals surface area contributed by atoms with Crippen molar-refractivity contribution in [3.63, 3.8) is 0 Å². The molecule has 1 aromatic heterocycles. The molecule has 0 aliphatic carbocycles. The van der Waals surface area contributed by atoms with E-state index in [1.165, 1.54) is 17.7 Å². The Morgan fingerprint density at radius 2 is 1.78 bits per heavy atom. The summed E-state index contributed by atoms with van der Waals surface area (Å²) in [7, 11) is 0. The van der Waals surface area contributed by atoms with E-state index in [4.69, 9.17) is 4.74 Å². The lowest BCUT2D eigenvalue weighted by Crippen LogP contribution is -2.61. The fourth-order valence-electron chi connectivity index (χ4n) is 5.76. The summed E-state index contributed by atoms with van der Waals surface area (Å²) in [5.41, 5.74) is -0.00175. The number of amides is 1. The van der Waals surface area contributed by atoms with Crippen LogP contribution in [0.4, 0.5) is 19.0 Å². The van der Waals surface area contributed by atoms with Crippen molar-refractivity contribution in [2.75, 3.05) is 38.1 Å². The number of hydrogen-bond donors (Lipinski definition) is 1. The Bertz CT molecular complexity index is 1040. The molecule has 9 heteroatoms. The molecule has 4 rings (SSSR count). The third kappa shape index (κ3) is 7.52. The maximum Gasteiger partial charge on any atom is 0.433 e. The van der Waals surface area contributed by atoms with Crippen molar-refractivity contribution in [3.05, 3.63) is 59.8 Å². The average Bonchev–Trinajstić information content (AvgIpc) is 2.84. The van der Waals surface area contributed by atoms with Crippen LogP contribution in [-0.2, 0) is 22.3 Å². The van der Waals surface area contributed by atoms with Crippen molar-refractivity contribution >= 4 is 11.7 Å². The molecule has 0 bridgehead atoms. The fourth-order valence-corrected chi connectivity index (χ4v) is 5.76. The molecule has 37 heavy (non-hydrogen) atoms. The molecule has 1 atom stereocenters. The summed E-state index contributed by atoms with van der Waals surface area (Å²) in [6.07, 6.45) is -1.04. The monoisotopic (exact) mass is 518 g/mol. The number of rotatable bonds is 8. The van der Waals surface area contributed by atoms with Crippen LogP contribution >= 0.6 is 0 Å². The predicted molar refractivity (Wildman–Crippen MR) is 137 cm³/mol. The van der Waals surface area contributed by atoms with Gasteiger partial charge in [-0.25, -0.2) is 4.98 Å².